The lowest BCUT2D eigenvalue weighted by Crippen LogP contribution is -2.24. The van der Waals surface area contributed by atoms with Crippen LogP contribution in [0.2, 0.25) is 0 Å². The van der Waals surface area contributed by atoms with Gasteiger partial charge in [-0.1, -0.05) is 28.6 Å². The third-order valence-electron chi connectivity index (χ3n) is 1.55. The Labute approximate surface area is 90.6 Å². The van der Waals surface area contributed by atoms with Gasteiger partial charge >= 0.3 is 0 Å². The topological polar surface area (TPSA) is 49.3 Å². The molecule has 1 aromatic carbocycles. The lowest BCUT2D eigenvalue weighted by molar-refractivity contribution is 0.0957. The SMILES string of the molecule is C=C(Br)CNC(=O)c1cccc(O)c1. The molecule has 1 aromatic rings. The van der Waals surface area contributed by atoms with Crippen LogP contribution in [0, 0.1) is 0 Å². The van der Waals surface area contributed by atoms with E-state index in [1.165, 1.54) is 12.1 Å². The summed E-state index contributed by atoms with van der Waals surface area (Å²) in [6.45, 7) is 3.96. The molecule has 0 spiro atoms. The Bertz CT molecular complexity index is 363. The Balaban J connectivity index is 2.65. The minimum Gasteiger partial charge on any atom is -0.508 e. The highest BCUT2D eigenvalue weighted by molar-refractivity contribution is 9.11. The summed E-state index contributed by atoms with van der Waals surface area (Å²) >= 11 is 3.13. The number of carbonyl (C=O) groups is 1. The van der Waals surface area contributed by atoms with Crippen LogP contribution in [0.3, 0.4) is 0 Å². The molecule has 0 saturated carbocycles. The second kappa shape index (κ2) is 4.81. The van der Waals surface area contributed by atoms with E-state index < -0.39 is 0 Å². The number of hydrogen-bond donors (Lipinski definition) is 2. The molecule has 0 fully saturated rings. The van der Waals surface area contributed by atoms with Crippen molar-refractivity contribution in [3.63, 3.8) is 0 Å². The van der Waals surface area contributed by atoms with Gasteiger partial charge in [-0.25, -0.2) is 0 Å². The van der Waals surface area contributed by atoms with Gasteiger partial charge in [-0.3, -0.25) is 4.79 Å². The summed E-state index contributed by atoms with van der Waals surface area (Å²) in [5.74, 6) is -0.156. The molecule has 2 N–H and O–H groups in total. The second-order valence-electron chi connectivity index (χ2n) is 2.75. The van der Waals surface area contributed by atoms with Crippen LogP contribution in [0.15, 0.2) is 35.3 Å². The van der Waals surface area contributed by atoms with Crippen molar-refractivity contribution in [3.8, 4) is 5.75 Å². The van der Waals surface area contributed by atoms with Crippen molar-refractivity contribution in [2.75, 3.05) is 6.54 Å². The van der Waals surface area contributed by atoms with Crippen LogP contribution in [-0.4, -0.2) is 17.6 Å². The summed E-state index contributed by atoms with van der Waals surface area (Å²) < 4.78 is 0.700. The van der Waals surface area contributed by atoms with E-state index in [1.807, 2.05) is 0 Å². The number of nitrogens with one attached hydrogen (secondary N) is 1. The summed E-state index contributed by atoms with van der Waals surface area (Å²) in [5.41, 5.74) is 0.429. The van der Waals surface area contributed by atoms with Crippen LogP contribution < -0.4 is 5.32 Å². The van der Waals surface area contributed by atoms with E-state index in [0.29, 0.717) is 16.6 Å². The normalized spacial score (nSPS) is 9.50. The summed E-state index contributed by atoms with van der Waals surface area (Å²) in [6, 6.07) is 6.17. The standard InChI is InChI=1S/C10H10BrNO2/c1-7(11)6-12-10(14)8-3-2-4-9(13)5-8/h2-5,13H,1,6H2,(H,12,14). The monoisotopic (exact) mass is 255 g/mol. The summed E-state index contributed by atoms with van der Waals surface area (Å²) in [5, 5.41) is 11.8. The number of rotatable bonds is 3. The molecule has 14 heavy (non-hydrogen) atoms. The molecule has 74 valence electrons. The molecule has 0 aliphatic heterocycles. The first-order valence-electron chi connectivity index (χ1n) is 4.00. The molecule has 4 heteroatoms. The molecular formula is C10H10BrNO2. The molecule has 0 radical (unpaired) electrons. The predicted octanol–water partition coefficient (Wildman–Crippen LogP) is 2.03. The van der Waals surface area contributed by atoms with Crippen LogP contribution in [0.5, 0.6) is 5.75 Å². The Hall–Kier alpha value is -1.29. The van der Waals surface area contributed by atoms with Crippen molar-refractivity contribution in [1.29, 1.82) is 0 Å². The van der Waals surface area contributed by atoms with Crippen molar-refractivity contribution in [3.05, 3.63) is 40.9 Å². The molecule has 1 rings (SSSR count). The maximum absolute atomic E-state index is 11.4. The Morgan fingerprint density at radius 2 is 2.29 bits per heavy atom. The smallest absolute Gasteiger partial charge is 0.251 e. The van der Waals surface area contributed by atoms with Crippen LogP contribution in [0.4, 0.5) is 0 Å². The van der Waals surface area contributed by atoms with Crippen molar-refractivity contribution in [1.82, 2.24) is 5.32 Å². The molecule has 0 bridgehead atoms. The van der Waals surface area contributed by atoms with Gasteiger partial charge in [-0.05, 0) is 18.2 Å². The van der Waals surface area contributed by atoms with Gasteiger partial charge < -0.3 is 10.4 Å². The quantitative estimate of drug-likeness (QED) is 0.869. The fraction of sp³-hybridized carbons (Fsp3) is 0.100. The van der Waals surface area contributed by atoms with Gasteiger partial charge in [0, 0.05) is 16.6 Å². The number of halogens is 1. The lowest BCUT2D eigenvalue weighted by Gasteiger charge is -2.03. The molecular weight excluding hydrogens is 246 g/mol. The first-order chi connectivity index (χ1) is 6.59. The van der Waals surface area contributed by atoms with Crippen molar-refractivity contribution in [2.24, 2.45) is 0 Å². The first kappa shape index (κ1) is 10.8. The maximum Gasteiger partial charge on any atom is 0.251 e. The maximum atomic E-state index is 11.4. The third kappa shape index (κ3) is 3.22. The van der Waals surface area contributed by atoms with Gasteiger partial charge in [0.25, 0.3) is 5.91 Å². The molecule has 0 aliphatic rings. The van der Waals surface area contributed by atoms with Gasteiger partial charge in [-0.15, -0.1) is 0 Å². The highest BCUT2D eigenvalue weighted by Gasteiger charge is 2.04. The number of phenolic OH excluding ortho intramolecular Hbond substituents is 1. The van der Waals surface area contributed by atoms with E-state index >= 15 is 0 Å². The molecule has 0 aliphatic carbocycles. The average molecular weight is 256 g/mol. The Morgan fingerprint density at radius 1 is 1.57 bits per heavy atom. The Morgan fingerprint density at radius 3 is 2.86 bits per heavy atom. The van der Waals surface area contributed by atoms with E-state index in [1.54, 1.807) is 12.1 Å². The number of hydrogen-bond acceptors (Lipinski definition) is 2. The second-order valence-corrected chi connectivity index (χ2v) is 3.87. The summed E-state index contributed by atoms with van der Waals surface area (Å²) in [7, 11) is 0. The van der Waals surface area contributed by atoms with E-state index in [4.69, 9.17) is 5.11 Å². The predicted molar refractivity (Wildman–Crippen MR) is 58.5 cm³/mol. The fourth-order valence-corrected chi connectivity index (χ4v) is 1.07. The highest BCUT2D eigenvalue weighted by atomic mass is 79.9. The van der Waals surface area contributed by atoms with Gasteiger partial charge in [-0.2, -0.15) is 0 Å². The van der Waals surface area contributed by atoms with Crippen LogP contribution >= 0.6 is 15.9 Å². The molecule has 0 aromatic heterocycles. The number of phenols is 1. The molecule has 0 atom stereocenters. The van der Waals surface area contributed by atoms with E-state index in [9.17, 15) is 4.79 Å². The minimum absolute atomic E-state index is 0.0790. The number of carbonyl (C=O) groups excluding carboxylic acids is 1. The van der Waals surface area contributed by atoms with E-state index in [0.717, 1.165) is 0 Å². The van der Waals surface area contributed by atoms with Gasteiger partial charge in [0.15, 0.2) is 0 Å². The average Bonchev–Trinajstić information content (AvgIpc) is 2.14. The van der Waals surface area contributed by atoms with Crippen molar-refractivity contribution >= 4 is 21.8 Å². The van der Waals surface area contributed by atoms with Crippen LogP contribution in [0.1, 0.15) is 10.4 Å². The fourth-order valence-electron chi connectivity index (χ4n) is 0.925. The number of benzene rings is 1. The molecule has 3 nitrogen and oxygen atoms in total. The highest BCUT2D eigenvalue weighted by Crippen LogP contribution is 2.10. The van der Waals surface area contributed by atoms with E-state index in [2.05, 4.69) is 27.8 Å². The summed E-state index contributed by atoms with van der Waals surface area (Å²) in [4.78, 5) is 11.4. The number of amides is 1. The first-order valence-corrected chi connectivity index (χ1v) is 4.79. The molecule has 0 unspecified atom stereocenters. The van der Waals surface area contributed by atoms with Crippen LogP contribution in [-0.2, 0) is 0 Å². The largest absolute Gasteiger partial charge is 0.508 e. The molecule has 1 amide bonds. The lowest BCUT2D eigenvalue weighted by atomic mass is 10.2. The summed E-state index contributed by atoms with van der Waals surface area (Å²) in [6.07, 6.45) is 0. The zero-order valence-corrected chi connectivity index (χ0v) is 9.04. The van der Waals surface area contributed by atoms with Gasteiger partial charge in [0.05, 0.1) is 0 Å². The van der Waals surface area contributed by atoms with E-state index in [-0.39, 0.29) is 11.7 Å². The molecule has 0 heterocycles. The minimum atomic E-state index is -0.235. The van der Waals surface area contributed by atoms with Gasteiger partial charge in [0.2, 0.25) is 0 Å². The van der Waals surface area contributed by atoms with Gasteiger partial charge in [0.1, 0.15) is 5.75 Å². The third-order valence-corrected chi connectivity index (χ3v) is 1.83. The number of aromatic hydroxyl groups is 1. The Kier molecular flexibility index (Phi) is 3.71. The van der Waals surface area contributed by atoms with Crippen molar-refractivity contribution < 1.29 is 9.90 Å². The van der Waals surface area contributed by atoms with Crippen LogP contribution in [0.25, 0.3) is 0 Å². The zero-order chi connectivity index (χ0) is 10.6. The van der Waals surface area contributed by atoms with Crippen molar-refractivity contribution in [2.45, 2.75) is 0 Å². The zero-order valence-electron chi connectivity index (χ0n) is 7.46. The molecule has 0 saturated heterocycles.